The Balaban J connectivity index is 1.66. The first-order chi connectivity index (χ1) is 11.4. The second-order valence-corrected chi connectivity index (χ2v) is 9.49. The van der Waals surface area contributed by atoms with Crippen LogP contribution < -0.4 is 9.62 Å². The van der Waals surface area contributed by atoms with E-state index >= 15 is 0 Å². The van der Waals surface area contributed by atoms with Crippen LogP contribution in [0.5, 0.6) is 0 Å². The summed E-state index contributed by atoms with van der Waals surface area (Å²) in [6, 6.07) is 3.55. The van der Waals surface area contributed by atoms with Gasteiger partial charge < -0.3 is 4.90 Å². The first kappa shape index (κ1) is 16.1. The molecule has 0 saturated heterocycles. The number of nitrogens with one attached hydrogen (secondary N) is 1. The molecule has 1 amide bonds. The van der Waals surface area contributed by atoms with Crippen molar-refractivity contribution in [3.8, 4) is 0 Å². The summed E-state index contributed by atoms with van der Waals surface area (Å²) in [5.74, 6) is 0.162. The fraction of sp³-hybridized carbons (Fsp3) is 0.611. The number of amides is 1. The van der Waals surface area contributed by atoms with Crippen LogP contribution in [0, 0.1) is 5.41 Å². The molecule has 1 fully saturated rings. The Labute approximate surface area is 143 Å². The molecule has 0 atom stereocenters. The van der Waals surface area contributed by atoms with Crippen molar-refractivity contribution in [3.05, 3.63) is 23.3 Å². The van der Waals surface area contributed by atoms with Crippen molar-refractivity contribution >= 4 is 21.6 Å². The Morgan fingerprint density at radius 1 is 1.12 bits per heavy atom. The molecule has 130 valence electrons. The van der Waals surface area contributed by atoms with Crippen molar-refractivity contribution in [2.24, 2.45) is 5.41 Å². The molecule has 1 aromatic rings. The van der Waals surface area contributed by atoms with Gasteiger partial charge in [-0.25, -0.2) is 13.1 Å². The fourth-order valence-electron chi connectivity index (χ4n) is 4.09. The zero-order valence-electron chi connectivity index (χ0n) is 14.1. The topological polar surface area (TPSA) is 66.5 Å². The van der Waals surface area contributed by atoms with Crippen molar-refractivity contribution in [2.75, 3.05) is 18.0 Å². The Hall–Kier alpha value is -1.40. The molecule has 2 heterocycles. The van der Waals surface area contributed by atoms with E-state index < -0.39 is 10.0 Å². The average Bonchev–Trinajstić information content (AvgIpc) is 2.54. The molecule has 0 bridgehead atoms. The SMILES string of the molecule is CC1(CNS(=O)(=O)c2cc3c4c(c2)CCC(=O)N4CCC3)CCC1. The zero-order valence-corrected chi connectivity index (χ0v) is 14.9. The Morgan fingerprint density at radius 3 is 2.50 bits per heavy atom. The number of carbonyl (C=O) groups is 1. The van der Waals surface area contributed by atoms with E-state index in [4.69, 9.17) is 0 Å². The lowest BCUT2D eigenvalue weighted by atomic mass is 9.71. The highest BCUT2D eigenvalue weighted by molar-refractivity contribution is 7.89. The standard InChI is InChI=1S/C18H24N2O3S/c1-18(7-3-8-18)12-19-24(22,23)15-10-13-4-2-9-20-16(21)6-5-14(11-15)17(13)20/h10-11,19H,2-9,12H2,1H3. The third-order valence-corrected chi connectivity index (χ3v) is 7.19. The number of benzene rings is 1. The number of carbonyl (C=O) groups excluding carboxylic acids is 1. The van der Waals surface area contributed by atoms with Crippen molar-refractivity contribution in [3.63, 3.8) is 0 Å². The Bertz CT molecular complexity index is 779. The van der Waals surface area contributed by atoms with Gasteiger partial charge in [0.2, 0.25) is 15.9 Å². The summed E-state index contributed by atoms with van der Waals surface area (Å²) in [4.78, 5) is 14.3. The number of hydrogen-bond donors (Lipinski definition) is 1. The van der Waals surface area contributed by atoms with Crippen LogP contribution in [0.15, 0.2) is 17.0 Å². The maximum Gasteiger partial charge on any atom is 0.240 e. The molecule has 1 saturated carbocycles. The van der Waals surface area contributed by atoms with Gasteiger partial charge in [0, 0.05) is 19.5 Å². The lowest BCUT2D eigenvalue weighted by Crippen LogP contribution is -2.41. The van der Waals surface area contributed by atoms with Crippen LogP contribution in [0.3, 0.4) is 0 Å². The minimum Gasteiger partial charge on any atom is -0.312 e. The number of aryl methyl sites for hydroxylation is 2. The number of nitrogens with zero attached hydrogens (tertiary/aromatic N) is 1. The number of hydrogen-bond acceptors (Lipinski definition) is 3. The van der Waals surface area contributed by atoms with Gasteiger partial charge in [-0.05, 0) is 60.8 Å². The maximum absolute atomic E-state index is 12.7. The van der Waals surface area contributed by atoms with E-state index in [9.17, 15) is 13.2 Å². The molecule has 0 aromatic heterocycles. The highest BCUT2D eigenvalue weighted by Gasteiger charge is 2.34. The normalized spacial score (nSPS) is 22.0. The molecule has 6 heteroatoms. The van der Waals surface area contributed by atoms with Gasteiger partial charge in [-0.1, -0.05) is 13.3 Å². The lowest BCUT2D eigenvalue weighted by molar-refractivity contribution is -0.119. The zero-order chi connectivity index (χ0) is 16.9. The van der Waals surface area contributed by atoms with Gasteiger partial charge in [0.25, 0.3) is 0 Å². The van der Waals surface area contributed by atoms with Crippen LogP contribution in [0.1, 0.15) is 50.2 Å². The van der Waals surface area contributed by atoms with Crippen LogP contribution in [0.25, 0.3) is 0 Å². The monoisotopic (exact) mass is 348 g/mol. The molecule has 3 aliphatic rings. The summed E-state index contributed by atoms with van der Waals surface area (Å²) < 4.78 is 28.3. The molecular weight excluding hydrogens is 324 g/mol. The second-order valence-electron chi connectivity index (χ2n) is 7.73. The molecule has 1 N–H and O–H groups in total. The number of anilines is 1. The van der Waals surface area contributed by atoms with Gasteiger partial charge in [0.05, 0.1) is 10.6 Å². The molecule has 0 spiro atoms. The smallest absolute Gasteiger partial charge is 0.240 e. The van der Waals surface area contributed by atoms with E-state index in [0.29, 0.717) is 24.3 Å². The van der Waals surface area contributed by atoms with E-state index in [1.807, 2.05) is 4.90 Å². The quantitative estimate of drug-likeness (QED) is 0.908. The predicted octanol–water partition coefficient (Wildman–Crippen LogP) is 2.38. The predicted molar refractivity (Wildman–Crippen MR) is 92.6 cm³/mol. The van der Waals surface area contributed by atoms with Crippen molar-refractivity contribution in [1.82, 2.24) is 4.72 Å². The van der Waals surface area contributed by atoms with Gasteiger partial charge in [-0.3, -0.25) is 4.79 Å². The highest BCUT2D eigenvalue weighted by atomic mass is 32.2. The van der Waals surface area contributed by atoms with E-state index in [0.717, 1.165) is 49.0 Å². The molecule has 0 radical (unpaired) electrons. The van der Waals surface area contributed by atoms with Crippen molar-refractivity contribution < 1.29 is 13.2 Å². The summed E-state index contributed by atoms with van der Waals surface area (Å²) in [6.07, 6.45) is 6.20. The highest BCUT2D eigenvalue weighted by Crippen LogP contribution is 2.40. The molecule has 5 nitrogen and oxygen atoms in total. The largest absolute Gasteiger partial charge is 0.312 e. The van der Waals surface area contributed by atoms with Crippen LogP contribution >= 0.6 is 0 Å². The van der Waals surface area contributed by atoms with Crippen molar-refractivity contribution in [2.45, 2.75) is 56.8 Å². The summed E-state index contributed by atoms with van der Waals surface area (Å²) >= 11 is 0. The molecular formula is C18H24N2O3S. The minimum atomic E-state index is -3.50. The second kappa shape index (κ2) is 5.56. The third kappa shape index (κ3) is 2.65. The average molecular weight is 348 g/mol. The van der Waals surface area contributed by atoms with Gasteiger partial charge in [-0.15, -0.1) is 0 Å². The first-order valence-electron chi connectivity index (χ1n) is 8.84. The molecule has 0 unspecified atom stereocenters. The van der Waals surface area contributed by atoms with Crippen LogP contribution in [0.2, 0.25) is 0 Å². The molecule has 24 heavy (non-hydrogen) atoms. The molecule has 2 aliphatic heterocycles. The van der Waals surface area contributed by atoms with Gasteiger partial charge in [0.1, 0.15) is 0 Å². The van der Waals surface area contributed by atoms with Gasteiger partial charge in [-0.2, -0.15) is 0 Å². The van der Waals surface area contributed by atoms with E-state index in [2.05, 4.69) is 11.6 Å². The molecule has 1 aliphatic carbocycles. The maximum atomic E-state index is 12.7. The summed E-state index contributed by atoms with van der Waals surface area (Å²) in [5, 5.41) is 0. The third-order valence-electron chi connectivity index (χ3n) is 5.81. The van der Waals surface area contributed by atoms with E-state index in [-0.39, 0.29) is 11.3 Å². The summed E-state index contributed by atoms with van der Waals surface area (Å²) in [6.45, 7) is 3.40. The minimum absolute atomic E-state index is 0.110. The first-order valence-corrected chi connectivity index (χ1v) is 10.3. The Morgan fingerprint density at radius 2 is 1.83 bits per heavy atom. The van der Waals surface area contributed by atoms with E-state index in [1.165, 1.54) is 6.42 Å². The van der Waals surface area contributed by atoms with Crippen LogP contribution in [-0.4, -0.2) is 27.4 Å². The van der Waals surface area contributed by atoms with Gasteiger partial charge in [0.15, 0.2) is 0 Å². The summed E-state index contributed by atoms with van der Waals surface area (Å²) in [5.41, 5.74) is 3.09. The van der Waals surface area contributed by atoms with Crippen LogP contribution in [-0.2, 0) is 27.7 Å². The fourth-order valence-corrected chi connectivity index (χ4v) is 5.39. The number of rotatable bonds is 4. The Kier molecular flexibility index (Phi) is 3.73. The molecule has 1 aromatic carbocycles. The van der Waals surface area contributed by atoms with E-state index in [1.54, 1.807) is 12.1 Å². The lowest BCUT2D eigenvalue weighted by Gasteiger charge is -2.38. The van der Waals surface area contributed by atoms with Crippen LogP contribution in [0.4, 0.5) is 5.69 Å². The molecule has 4 rings (SSSR count). The van der Waals surface area contributed by atoms with Crippen molar-refractivity contribution in [1.29, 1.82) is 0 Å². The summed E-state index contributed by atoms with van der Waals surface area (Å²) in [7, 11) is -3.50. The van der Waals surface area contributed by atoms with Gasteiger partial charge >= 0.3 is 0 Å². The number of sulfonamides is 1.